The van der Waals surface area contributed by atoms with Crippen molar-refractivity contribution < 1.29 is 0 Å². The van der Waals surface area contributed by atoms with Crippen LogP contribution >= 0.6 is 15.9 Å². The second kappa shape index (κ2) is 4.46. The summed E-state index contributed by atoms with van der Waals surface area (Å²) in [6, 6.07) is 9.48. The van der Waals surface area contributed by atoms with E-state index in [1.54, 1.807) is 0 Å². The normalized spacial score (nSPS) is 15.6. The fourth-order valence-electron chi connectivity index (χ4n) is 2.38. The van der Waals surface area contributed by atoms with Gasteiger partial charge in [-0.1, -0.05) is 12.1 Å². The van der Waals surface area contributed by atoms with Gasteiger partial charge in [-0.3, -0.25) is 0 Å². The molecule has 0 saturated heterocycles. The molecule has 90 valence electrons. The highest BCUT2D eigenvalue weighted by molar-refractivity contribution is 9.10. The predicted octanol–water partition coefficient (Wildman–Crippen LogP) is 3.68. The van der Waals surface area contributed by atoms with Crippen LogP contribution in [0.25, 0.3) is 10.9 Å². The molecule has 1 saturated carbocycles. The van der Waals surface area contributed by atoms with E-state index in [9.17, 15) is 0 Å². The maximum absolute atomic E-state index is 3.65. The number of fused-ring (bicyclic) bond motifs is 1. The van der Waals surface area contributed by atoms with Crippen LogP contribution in [0.15, 0.2) is 28.7 Å². The van der Waals surface area contributed by atoms with Gasteiger partial charge in [-0.15, -0.1) is 0 Å². The fourth-order valence-corrected chi connectivity index (χ4v) is 2.97. The summed E-state index contributed by atoms with van der Waals surface area (Å²) >= 11 is 3.65. The predicted molar refractivity (Wildman–Crippen MR) is 75.2 cm³/mol. The summed E-state index contributed by atoms with van der Waals surface area (Å²) in [5, 5.41) is 4.92. The van der Waals surface area contributed by atoms with E-state index in [2.05, 4.69) is 57.0 Å². The molecule has 0 bridgehead atoms. The lowest BCUT2D eigenvalue weighted by Gasteiger charge is -2.09. The van der Waals surface area contributed by atoms with Crippen molar-refractivity contribution >= 4 is 26.8 Å². The average Bonchev–Trinajstić information content (AvgIpc) is 3.07. The lowest BCUT2D eigenvalue weighted by molar-refractivity contribution is 0.634. The summed E-state index contributed by atoms with van der Waals surface area (Å²) in [5.41, 5.74) is 2.71. The average molecular weight is 293 g/mol. The molecule has 1 aromatic heterocycles. The third kappa shape index (κ3) is 2.14. The summed E-state index contributed by atoms with van der Waals surface area (Å²) in [6.45, 7) is 4.22. The molecule has 0 unspecified atom stereocenters. The van der Waals surface area contributed by atoms with E-state index in [1.165, 1.54) is 33.9 Å². The first-order chi connectivity index (χ1) is 8.29. The number of aromatic nitrogens is 1. The zero-order chi connectivity index (χ0) is 11.8. The van der Waals surface area contributed by atoms with Crippen molar-refractivity contribution in [2.24, 2.45) is 0 Å². The molecule has 2 nitrogen and oxygen atoms in total. The van der Waals surface area contributed by atoms with Crippen LogP contribution in [0.4, 0.5) is 0 Å². The lowest BCUT2D eigenvalue weighted by Crippen LogP contribution is -2.17. The summed E-state index contributed by atoms with van der Waals surface area (Å²) in [6.07, 6.45) is 2.69. The van der Waals surface area contributed by atoms with Crippen LogP contribution in [0.5, 0.6) is 0 Å². The molecule has 2 aromatic rings. The molecule has 0 radical (unpaired) electrons. The summed E-state index contributed by atoms with van der Waals surface area (Å²) in [5.74, 6) is 0. The molecular formula is C14H17BrN2. The van der Waals surface area contributed by atoms with Crippen LogP contribution in [0.1, 0.15) is 25.5 Å². The Morgan fingerprint density at radius 1 is 1.41 bits per heavy atom. The molecule has 1 N–H and O–H groups in total. The monoisotopic (exact) mass is 292 g/mol. The molecule has 3 heteroatoms. The zero-order valence-corrected chi connectivity index (χ0v) is 11.6. The minimum Gasteiger partial charge on any atom is -0.343 e. The van der Waals surface area contributed by atoms with E-state index >= 15 is 0 Å². The first-order valence-electron chi connectivity index (χ1n) is 6.29. The van der Waals surface area contributed by atoms with Gasteiger partial charge in [-0.25, -0.2) is 0 Å². The Hall–Kier alpha value is -0.800. The van der Waals surface area contributed by atoms with Crippen molar-refractivity contribution in [1.82, 2.24) is 9.88 Å². The third-order valence-electron chi connectivity index (χ3n) is 3.42. The molecule has 0 spiro atoms. The highest BCUT2D eigenvalue weighted by Gasteiger charge is 2.21. The number of hydrogen-bond donors (Lipinski definition) is 1. The van der Waals surface area contributed by atoms with Crippen molar-refractivity contribution in [3.05, 3.63) is 34.4 Å². The SMILES string of the molecule is CCn1c(CNC2CC2)cc2cccc(Br)c21. The Morgan fingerprint density at radius 2 is 2.24 bits per heavy atom. The molecule has 1 aliphatic rings. The molecule has 1 fully saturated rings. The van der Waals surface area contributed by atoms with Crippen molar-refractivity contribution in [2.45, 2.75) is 38.9 Å². The Bertz CT molecular complexity index is 540. The highest BCUT2D eigenvalue weighted by Crippen LogP contribution is 2.28. The van der Waals surface area contributed by atoms with Gasteiger partial charge in [0.15, 0.2) is 0 Å². The second-order valence-corrected chi connectivity index (χ2v) is 5.57. The number of hydrogen-bond acceptors (Lipinski definition) is 1. The minimum atomic E-state index is 0.766. The molecule has 17 heavy (non-hydrogen) atoms. The van der Waals surface area contributed by atoms with Crippen LogP contribution < -0.4 is 5.32 Å². The van der Waals surface area contributed by atoms with E-state index in [0.717, 1.165) is 19.1 Å². The van der Waals surface area contributed by atoms with Crippen LogP contribution in [-0.4, -0.2) is 10.6 Å². The number of para-hydroxylation sites is 1. The quantitative estimate of drug-likeness (QED) is 0.910. The summed E-state index contributed by atoms with van der Waals surface area (Å²) in [7, 11) is 0. The van der Waals surface area contributed by atoms with Gasteiger partial charge in [0.2, 0.25) is 0 Å². The maximum Gasteiger partial charge on any atom is 0.0627 e. The Morgan fingerprint density at radius 3 is 2.94 bits per heavy atom. The van der Waals surface area contributed by atoms with Crippen molar-refractivity contribution in [3.8, 4) is 0 Å². The molecule has 0 aliphatic heterocycles. The van der Waals surface area contributed by atoms with E-state index < -0.39 is 0 Å². The Kier molecular flexibility index (Phi) is 2.97. The fraction of sp³-hybridized carbons (Fsp3) is 0.429. The Labute approximate surface area is 110 Å². The van der Waals surface area contributed by atoms with E-state index in [1.807, 2.05) is 0 Å². The van der Waals surface area contributed by atoms with Gasteiger partial charge in [0.25, 0.3) is 0 Å². The Balaban J connectivity index is 2.01. The summed E-state index contributed by atoms with van der Waals surface area (Å²) < 4.78 is 3.59. The van der Waals surface area contributed by atoms with Crippen LogP contribution in [0, 0.1) is 0 Å². The standard InChI is InChI=1S/C14H17BrN2/c1-2-17-12(9-16-11-6-7-11)8-10-4-3-5-13(15)14(10)17/h3-5,8,11,16H,2,6-7,9H2,1H3. The maximum atomic E-state index is 3.65. The minimum absolute atomic E-state index is 0.766. The second-order valence-electron chi connectivity index (χ2n) is 4.71. The topological polar surface area (TPSA) is 17.0 Å². The number of nitrogens with zero attached hydrogens (tertiary/aromatic N) is 1. The lowest BCUT2D eigenvalue weighted by atomic mass is 10.2. The molecule has 1 heterocycles. The van der Waals surface area contributed by atoms with Gasteiger partial charge >= 0.3 is 0 Å². The van der Waals surface area contributed by atoms with Crippen molar-refractivity contribution in [3.63, 3.8) is 0 Å². The number of rotatable bonds is 4. The van der Waals surface area contributed by atoms with E-state index in [4.69, 9.17) is 0 Å². The van der Waals surface area contributed by atoms with Crippen molar-refractivity contribution in [2.75, 3.05) is 0 Å². The van der Waals surface area contributed by atoms with Gasteiger partial charge in [0, 0.05) is 34.7 Å². The third-order valence-corrected chi connectivity index (χ3v) is 4.06. The van der Waals surface area contributed by atoms with Gasteiger partial charge in [0.05, 0.1) is 5.52 Å². The van der Waals surface area contributed by atoms with Crippen LogP contribution in [0.2, 0.25) is 0 Å². The van der Waals surface area contributed by atoms with Crippen LogP contribution in [-0.2, 0) is 13.1 Å². The van der Waals surface area contributed by atoms with Gasteiger partial charge in [0.1, 0.15) is 0 Å². The number of halogens is 1. The number of benzene rings is 1. The molecule has 0 amide bonds. The van der Waals surface area contributed by atoms with Gasteiger partial charge < -0.3 is 9.88 Å². The van der Waals surface area contributed by atoms with E-state index in [-0.39, 0.29) is 0 Å². The first-order valence-corrected chi connectivity index (χ1v) is 7.09. The zero-order valence-electron chi connectivity index (χ0n) is 10.0. The van der Waals surface area contributed by atoms with Crippen LogP contribution in [0.3, 0.4) is 0 Å². The first kappa shape index (κ1) is 11.3. The van der Waals surface area contributed by atoms with Crippen molar-refractivity contribution in [1.29, 1.82) is 0 Å². The highest BCUT2D eigenvalue weighted by atomic mass is 79.9. The molecule has 0 atom stereocenters. The number of aryl methyl sites for hydroxylation is 1. The van der Waals surface area contributed by atoms with Gasteiger partial charge in [-0.05, 0) is 47.8 Å². The molecular weight excluding hydrogens is 276 g/mol. The largest absolute Gasteiger partial charge is 0.343 e. The molecule has 1 aromatic carbocycles. The smallest absolute Gasteiger partial charge is 0.0627 e. The number of nitrogens with one attached hydrogen (secondary N) is 1. The molecule has 3 rings (SSSR count). The van der Waals surface area contributed by atoms with Gasteiger partial charge in [-0.2, -0.15) is 0 Å². The summed E-state index contributed by atoms with van der Waals surface area (Å²) in [4.78, 5) is 0. The van der Waals surface area contributed by atoms with E-state index in [0.29, 0.717) is 0 Å². The molecule has 1 aliphatic carbocycles.